The maximum atomic E-state index is 13.6. The highest BCUT2D eigenvalue weighted by Gasteiger charge is 2.38. The minimum absolute atomic E-state index is 0.123. The van der Waals surface area contributed by atoms with Crippen molar-refractivity contribution in [3.8, 4) is 0 Å². The summed E-state index contributed by atoms with van der Waals surface area (Å²) in [5, 5.41) is 2.29. The maximum Gasteiger partial charge on any atom is 0.405 e. The molecule has 1 aromatic carbocycles. The SMILES string of the molecule is CC1CCCCC1N(C1=CC=C(C(=O)NCC(F)(F)F)CC1)S(=O)(=O)c1ccc(Cl)cc1. The van der Waals surface area contributed by atoms with E-state index in [2.05, 4.69) is 0 Å². The summed E-state index contributed by atoms with van der Waals surface area (Å²) in [5.74, 6) is -0.650. The number of carbonyl (C=O) groups is 1. The molecule has 0 aliphatic heterocycles. The number of amides is 1. The summed E-state index contributed by atoms with van der Waals surface area (Å²) in [6.07, 6.45) is 2.44. The minimum atomic E-state index is -4.49. The van der Waals surface area contributed by atoms with Crippen molar-refractivity contribution in [2.75, 3.05) is 6.54 Å². The van der Waals surface area contributed by atoms with Crippen LogP contribution in [0.15, 0.2) is 52.6 Å². The lowest BCUT2D eigenvalue weighted by Crippen LogP contribution is -2.45. The molecule has 0 radical (unpaired) electrons. The van der Waals surface area contributed by atoms with Gasteiger partial charge in [0.05, 0.1) is 4.90 Å². The van der Waals surface area contributed by atoms with E-state index in [1.807, 2.05) is 12.2 Å². The molecule has 1 saturated carbocycles. The number of rotatable bonds is 6. The van der Waals surface area contributed by atoms with Gasteiger partial charge in [-0.15, -0.1) is 0 Å². The quantitative estimate of drug-likeness (QED) is 0.596. The fourth-order valence-electron chi connectivity index (χ4n) is 4.20. The van der Waals surface area contributed by atoms with Gasteiger partial charge < -0.3 is 5.32 Å². The fourth-order valence-corrected chi connectivity index (χ4v) is 6.17. The second kappa shape index (κ2) is 9.87. The third-order valence-electron chi connectivity index (χ3n) is 5.89. The zero-order valence-electron chi connectivity index (χ0n) is 17.7. The van der Waals surface area contributed by atoms with Gasteiger partial charge >= 0.3 is 6.18 Å². The van der Waals surface area contributed by atoms with Crippen LogP contribution in [-0.4, -0.2) is 37.4 Å². The van der Waals surface area contributed by atoms with E-state index >= 15 is 0 Å². The van der Waals surface area contributed by atoms with Crippen LogP contribution in [0.25, 0.3) is 0 Å². The Kier molecular flexibility index (Phi) is 7.60. The highest BCUT2D eigenvalue weighted by molar-refractivity contribution is 7.89. The van der Waals surface area contributed by atoms with Crippen molar-refractivity contribution in [1.82, 2.24) is 9.62 Å². The molecule has 0 bridgehead atoms. The highest BCUT2D eigenvalue weighted by Crippen LogP contribution is 2.37. The molecule has 2 unspecified atom stereocenters. The van der Waals surface area contributed by atoms with Crippen molar-refractivity contribution in [2.45, 2.75) is 62.6 Å². The highest BCUT2D eigenvalue weighted by atomic mass is 35.5. The summed E-state index contributed by atoms with van der Waals surface area (Å²) in [4.78, 5) is 12.2. The standard InChI is InChI=1S/C22H26ClF3N2O3S/c1-15-4-2-3-5-20(15)28(32(30,31)19-12-8-17(23)9-13-19)18-10-6-16(7-11-18)21(29)27-14-22(24,25)26/h6,8-10,12-13,15,20H,2-5,7,11,14H2,1H3,(H,27,29). The number of benzene rings is 1. The van der Waals surface area contributed by atoms with E-state index in [0.717, 1.165) is 19.3 Å². The molecule has 1 aromatic rings. The molecule has 32 heavy (non-hydrogen) atoms. The average molecular weight is 491 g/mol. The molecule has 1 fully saturated rings. The molecule has 2 aliphatic rings. The van der Waals surface area contributed by atoms with Crippen molar-refractivity contribution in [3.05, 3.63) is 52.7 Å². The van der Waals surface area contributed by atoms with Gasteiger partial charge in [0, 0.05) is 22.3 Å². The van der Waals surface area contributed by atoms with Gasteiger partial charge in [0.25, 0.3) is 10.0 Å². The molecular formula is C22H26ClF3N2O3S. The lowest BCUT2D eigenvalue weighted by atomic mass is 9.85. The molecule has 1 N–H and O–H groups in total. The second-order valence-corrected chi connectivity index (χ2v) is 10.5. The molecular weight excluding hydrogens is 465 g/mol. The monoisotopic (exact) mass is 490 g/mol. The van der Waals surface area contributed by atoms with Crippen LogP contribution in [0.4, 0.5) is 13.2 Å². The Bertz CT molecular complexity index is 1000. The summed E-state index contributed by atoms with van der Waals surface area (Å²) in [5.41, 5.74) is 0.726. The number of hydrogen-bond donors (Lipinski definition) is 1. The van der Waals surface area contributed by atoms with Crippen LogP contribution in [-0.2, 0) is 14.8 Å². The van der Waals surface area contributed by atoms with Crippen LogP contribution in [0.5, 0.6) is 0 Å². The van der Waals surface area contributed by atoms with Crippen molar-refractivity contribution < 1.29 is 26.4 Å². The molecule has 0 heterocycles. The number of halogens is 4. The van der Waals surface area contributed by atoms with Crippen LogP contribution in [0.3, 0.4) is 0 Å². The number of hydrogen-bond acceptors (Lipinski definition) is 3. The topological polar surface area (TPSA) is 66.5 Å². The molecule has 5 nitrogen and oxygen atoms in total. The lowest BCUT2D eigenvalue weighted by Gasteiger charge is -2.41. The average Bonchev–Trinajstić information content (AvgIpc) is 2.74. The first-order valence-corrected chi connectivity index (χ1v) is 12.4. The molecule has 3 rings (SSSR count). The van der Waals surface area contributed by atoms with Gasteiger partial charge in [-0.05, 0) is 61.9 Å². The van der Waals surface area contributed by atoms with E-state index in [0.29, 0.717) is 17.1 Å². The smallest absolute Gasteiger partial charge is 0.343 e. The summed E-state index contributed by atoms with van der Waals surface area (Å²) >= 11 is 5.93. The third-order valence-corrected chi connectivity index (χ3v) is 8.03. The van der Waals surface area contributed by atoms with E-state index in [1.54, 1.807) is 6.08 Å². The molecule has 1 amide bonds. The first-order valence-electron chi connectivity index (χ1n) is 10.5. The van der Waals surface area contributed by atoms with Gasteiger partial charge in [0.2, 0.25) is 5.91 Å². The van der Waals surface area contributed by atoms with Crippen LogP contribution in [0.2, 0.25) is 5.02 Å². The van der Waals surface area contributed by atoms with E-state index in [1.165, 1.54) is 34.6 Å². The zero-order chi connectivity index (χ0) is 23.5. The Morgan fingerprint density at radius 3 is 2.34 bits per heavy atom. The Hall–Kier alpha value is -2.00. The summed E-state index contributed by atoms with van der Waals surface area (Å²) < 4.78 is 65.9. The first-order chi connectivity index (χ1) is 15.0. The zero-order valence-corrected chi connectivity index (χ0v) is 19.2. The van der Waals surface area contributed by atoms with E-state index in [9.17, 15) is 26.4 Å². The van der Waals surface area contributed by atoms with Crippen LogP contribution >= 0.6 is 11.6 Å². The largest absolute Gasteiger partial charge is 0.405 e. The Morgan fingerprint density at radius 1 is 1.12 bits per heavy atom. The first kappa shape index (κ1) is 24.6. The predicted molar refractivity (Wildman–Crippen MR) is 116 cm³/mol. The molecule has 10 heteroatoms. The number of allylic oxidation sites excluding steroid dienone is 3. The maximum absolute atomic E-state index is 13.6. The lowest BCUT2D eigenvalue weighted by molar-refractivity contribution is -0.136. The molecule has 0 saturated heterocycles. The molecule has 0 spiro atoms. The number of carbonyl (C=O) groups excluding carboxylic acids is 1. The van der Waals surface area contributed by atoms with Gasteiger partial charge in [-0.3, -0.25) is 9.10 Å². The van der Waals surface area contributed by atoms with Gasteiger partial charge in [-0.1, -0.05) is 37.4 Å². The number of sulfonamides is 1. The van der Waals surface area contributed by atoms with Gasteiger partial charge in [-0.2, -0.15) is 13.2 Å². The van der Waals surface area contributed by atoms with Crippen molar-refractivity contribution >= 4 is 27.5 Å². The minimum Gasteiger partial charge on any atom is -0.343 e. The van der Waals surface area contributed by atoms with Gasteiger partial charge in [0.15, 0.2) is 0 Å². The Labute approximate surface area is 191 Å². The summed E-state index contributed by atoms with van der Waals surface area (Å²) in [6.45, 7) is 0.625. The van der Waals surface area contributed by atoms with Crippen molar-refractivity contribution in [2.24, 2.45) is 5.92 Å². The summed E-state index contributed by atoms with van der Waals surface area (Å²) in [7, 11) is -3.89. The van der Waals surface area contributed by atoms with E-state index in [4.69, 9.17) is 11.6 Å². The molecule has 2 aliphatic carbocycles. The third kappa shape index (κ3) is 5.86. The second-order valence-electron chi connectivity index (χ2n) is 8.23. The Morgan fingerprint density at radius 2 is 1.78 bits per heavy atom. The number of nitrogens with one attached hydrogen (secondary N) is 1. The van der Waals surface area contributed by atoms with Gasteiger partial charge in [0.1, 0.15) is 6.54 Å². The summed E-state index contributed by atoms with van der Waals surface area (Å²) in [6, 6.07) is 5.75. The predicted octanol–water partition coefficient (Wildman–Crippen LogP) is 5.19. The van der Waals surface area contributed by atoms with Crippen LogP contribution < -0.4 is 5.32 Å². The number of nitrogens with zero attached hydrogens (tertiary/aromatic N) is 1. The van der Waals surface area contributed by atoms with Crippen LogP contribution in [0, 0.1) is 5.92 Å². The van der Waals surface area contributed by atoms with Crippen molar-refractivity contribution in [1.29, 1.82) is 0 Å². The van der Waals surface area contributed by atoms with Gasteiger partial charge in [-0.25, -0.2) is 8.42 Å². The normalized spacial score (nSPS) is 22.0. The van der Waals surface area contributed by atoms with Crippen molar-refractivity contribution in [3.63, 3.8) is 0 Å². The van der Waals surface area contributed by atoms with E-state index < -0.39 is 28.7 Å². The Balaban J connectivity index is 1.92. The molecule has 176 valence electrons. The molecule has 0 aromatic heterocycles. The fraction of sp³-hybridized carbons (Fsp3) is 0.500. The molecule has 2 atom stereocenters. The number of alkyl halides is 3. The van der Waals surface area contributed by atoms with E-state index in [-0.39, 0.29) is 35.3 Å². The van der Waals surface area contributed by atoms with Crippen LogP contribution in [0.1, 0.15) is 45.4 Å².